The quantitative estimate of drug-likeness (QED) is 0.114. The summed E-state index contributed by atoms with van der Waals surface area (Å²) in [4.78, 5) is 5.09. The molecule has 0 heterocycles. The number of hydrogen-bond donors (Lipinski definition) is 0. The summed E-state index contributed by atoms with van der Waals surface area (Å²) in [5.74, 6) is 0. The van der Waals surface area contributed by atoms with Crippen LogP contribution in [0.5, 0.6) is 0 Å². The first-order valence-corrected chi connectivity index (χ1v) is 42.7. The smallest absolute Gasteiger partial charge is 0.0714 e. The summed E-state index contributed by atoms with van der Waals surface area (Å²) in [5, 5.41) is 0. The lowest BCUT2D eigenvalue weighted by atomic mass is 9.67. The predicted octanol–water partition coefficient (Wildman–Crippen LogP) is 31.0. The second kappa shape index (κ2) is 28.4. The van der Waals surface area contributed by atoms with Gasteiger partial charge in [0.05, 0.1) is 22.2 Å². The Morgan fingerprint density at radius 2 is 0.380 bits per heavy atom. The Hall–Kier alpha value is -14.4. The summed E-state index contributed by atoms with van der Waals surface area (Å²) >= 11 is 0. The molecule has 0 bridgehead atoms. The Labute approximate surface area is 711 Å². The Balaban J connectivity index is 0.000000145. The third-order valence-electron chi connectivity index (χ3n) is 27.5. The fraction of sp³-hybridized carbons (Fsp3) is 0.0924. The van der Waals surface area contributed by atoms with E-state index in [0.717, 1.165) is 34.1 Å². The van der Waals surface area contributed by atoms with Gasteiger partial charge in [0.15, 0.2) is 0 Å². The second-order valence-electron chi connectivity index (χ2n) is 34.9. The number of hydrogen-bond acceptors (Lipinski definition) is 2. The maximum atomic E-state index is 2.57. The van der Waals surface area contributed by atoms with Crippen LogP contribution in [0.25, 0.3) is 89.0 Å². The van der Waals surface area contributed by atoms with Crippen LogP contribution in [0, 0.1) is 0 Å². The van der Waals surface area contributed by atoms with Crippen molar-refractivity contribution in [1.29, 1.82) is 0 Å². The average Bonchev–Trinajstić information content (AvgIpc) is 1.54. The topological polar surface area (TPSA) is 6.48 Å². The summed E-state index contributed by atoms with van der Waals surface area (Å²) in [6.45, 7) is 14.3. The van der Waals surface area contributed by atoms with E-state index in [2.05, 4.69) is 488 Å². The number of fused-ring (bicyclic) bond motifs is 15. The van der Waals surface area contributed by atoms with Gasteiger partial charge in [-0.15, -0.1) is 0 Å². The van der Waals surface area contributed by atoms with E-state index < -0.39 is 10.8 Å². The highest BCUT2D eigenvalue weighted by Crippen LogP contribution is 2.63. The molecule has 0 N–H and O–H groups in total. The molecule has 5 aliphatic carbocycles. The summed E-state index contributed by atoms with van der Waals surface area (Å²) in [6, 6.07) is 163. The molecule has 18 aromatic carbocycles. The SMILES string of the molecule is CC1(C)c2ccccc2-c2ccc(N(c3ccc(-c4ccccc4)cc3)c3cc4c(cc3-c3ccccc3)-c3ccccc3C4(c3ccccc3)c3ccccc3)cc21.CC1(C)c2ccccc2-c2ccc(N(c3ccc4c(c3)C(C)(C)c3ccccc3-4)c3cc4c(cc3-c3ccccc3)-c3ccccc3C4(c3ccccc3)c3ccccc3)cc21. The van der Waals surface area contributed by atoms with Crippen LogP contribution in [0.3, 0.4) is 0 Å². The molecule has 576 valence electrons. The van der Waals surface area contributed by atoms with Crippen LogP contribution in [-0.2, 0) is 27.1 Å². The Morgan fingerprint density at radius 3 is 0.694 bits per heavy atom. The highest BCUT2D eigenvalue weighted by atomic mass is 15.2. The number of anilines is 6. The molecule has 18 aromatic rings. The highest BCUT2D eigenvalue weighted by Gasteiger charge is 2.50. The molecule has 2 nitrogen and oxygen atoms in total. The van der Waals surface area contributed by atoms with Gasteiger partial charge >= 0.3 is 0 Å². The van der Waals surface area contributed by atoms with Crippen molar-refractivity contribution >= 4 is 34.1 Å². The van der Waals surface area contributed by atoms with E-state index in [1.807, 2.05) is 0 Å². The van der Waals surface area contributed by atoms with E-state index >= 15 is 0 Å². The maximum Gasteiger partial charge on any atom is 0.0714 e. The van der Waals surface area contributed by atoms with E-state index in [9.17, 15) is 0 Å². The molecule has 23 rings (SSSR count). The van der Waals surface area contributed by atoms with Crippen LogP contribution in [0.2, 0.25) is 0 Å². The van der Waals surface area contributed by atoms with Gasteiger partial charge in [-0.2, -0.15) is 0 Å². The van der Waals surface area contributed by atoms with Crippen molar-refractivity contribution in [3.63, 3.8) is 0 Å². The highest BCUT2D eigenvalue weighted by molar-refractivity contribution is 6.01. The molecule has 0 saturated carbocycles. The van der Waals surface area contributed by atoms with Gasteiger partial charge in [-0.25, -0.2) is 0 Å². The van der Waals surface area contributed by atoms with Crippen molar-refractivity contribution in [3.05, 3.63) is 515 Å². The third-order valence-corrected chi connectivity index (χ3v) is 27.5. The molecule has 0 aromatic heterocycles. The minimum atomic E-state index is -0.548. The van der Waals surface area contributed by atoms with Crippen LogP contribution in [0.4, 0.5) is 34.1 Å². The molecule has 0 amide bonds. The molecule has 5 aliphatic rings. The zero-order chi connectivity index (χ0) is 81.4. The van der Waals surface area contributed by atoms with Gasteiger partial charge in [-0.05, 0) is 229 Å². The van der Waals surface area contributed by atoms with Gasteiger partial charge in [0, 0.05) is 50.1 Å². The first kappa shape index (κ1) is 73.0. The molecule has 0 unspecified atom stereocenters. The fourth-order valence-electron chi connectivity index (χ4n) is 21.8. The molecule has 0 aliphatic heterocycles. The van der Waals surface area contributed by atoms with Crippen LogP contribution in [-0.4, -0.2) is 0 Å². The van der Waals surface area contributed by atoms with E-state index in [0.29, 0.717) is 0 Å². The first-order valence-electron chi connectivity index (χ1n) is 42.7. The van der Waals surface area contributed by atoms with Gasteiger partial charge in [0.1, 0.15) is 0 Å². The number of benzene rings is 18. The lowest BCUT2D eigenvalue weighted by Crippen LogP contribution is -2.28. The minimum Gasteiger partial charge on any atom is -0.310 e. The van der Waals surface area contributed by atoms with Gasteiger partial charge in [0.25, 0.3) is 0 Å². The summed E-state index contributed by atoms with van der Waals surface area (Å²) in [6.07, 6.45) is 0. The zero-order valence-electron chi connectivity index (χ0n) is 69.0. The number of nitrogens with zero attached hydrogens (tertiary/aromatic N) is 2. The third kappa shape index (κ3) is 11.2. The van der Waals surface area contributed by atoms with Crippen LogP contribution in [0.1, 0.15) is 119 Å². The predicted molar refractivity (Wildman–Crippen MR) is 506 cm³/mol. The average molecular weight is 1550 g/mol. The van der Waals surface area contributed by atoms with Crippen molar-refractivity contribution < 1.29 is 0 Å². The van der Waals surface area contributed by atoms with Gasteiger partial charge < -0.3 is 9.80 Å². The first-order chi connectivity index (χ1) is 59.3. The van der Waals surface area contributed by atoms with Crippen LogP contribution in [0.15, 0.2) is 437 Å². The maximum absolute atomic E-state index is 2.57. The molecule has 0 saturated heterocycles. The summed E-state index contributed by atoms with van der Waals surface area (Å²) in [5.41, 5.74) is 43.9. The molecule has 0 spiro atoms. The Morgan fingerprint density at radius 1 is 0.149 bits per heavy atom. The monoisotopic (exact) mass is 1550 g/mol. The molecule has 0 fully saturated rings. The van der Waals surface area contributed by atoms with Gasteiger partial charge in [-0.1, -0.05) is 406 Å². The van der Waals surface area contributed by atoms with Crippen LogP contribution >= 0.6 is 0 Å². The van der Waals surface area contributed by atoms with E-state index in [-0.39, 0.29) is 16.2 Å². The lowest BCUT2D eigenvalue weighted by molar-refractivity contribution is 0.660. The van der Waals surface area contributed by atoms with Gasteiger partial charge in [0.2, 0.25) is 0 Å². The fourth-order valence-corrected chi connectivity index (χ4v) is 21.8. The van der Waals surface area contributed by atoms with Crippen molar-refractivity contribution in [2.24, 2.45) is 0 Å². The summed E-state index contributed by atoms with van der Waals surface area (Å²) < 4.78 is 0. The molecular formula is C119H90N2. The zero-order valence-corrected chi connectivity index (χ0v) is 69.0. The standard InChI is InChI=1S/C61H47N.C58H43N/c1-59(2)52-29-17-14-26-45(52)48-34-32-43(36-55(48)59)62(44-33-35-49-46-27-15-18-30-53(46)60(3,4)56(49)37-44)58-39-57-51(38-50(58)40-20-8-5-9-21-40)47-28-16-19-31-54(47)61(57,41-22-10-6-11-23-41)42-24-12-7-13-25-42;1-57(2)52-29-17-15-27-47(52)49-36-35-46(37-54(49)57)59(45-33-31-41(32-34-45)40-19-7-3-8-20-40)56-39-55-51(38-50(56)42-21-9-4-10-22-42)48-28-16-18-30-53(48)58(55,43-23-11-5-12-24-43)44-25-13-6-14-26-44/h5-39H,1-4H3;3-39H,1-2H3. The van der Waals surface area contributed by atoms with Crippen molar-refractivity contribution in [1.82, 2.24) is 0 Å². The van der Waals surface area contributed by atoms with Crippen molar-refractivity contribution in [2.75, 3.05) is 9.80 Å². The van der Waals surface area contributed by atoms with E-state index in [4.69, 9.17) is 0 Å². The van der Waals surface area contributed by atoms with Crippen LogP contribution < -0.4 is 9.80 Å². The van der Waals surface area contributed by atoms with Crippen molar-refractivity contribution in [2.45, 2.75) is 68.6 Å². The molecular weight excluding hydrogens is 1460 g/mol. The summed E-state index contributed by atoms with van der Waals surface area (Å²) in [7, 11) is 0. The number of rotatable bonds is 13. The largest absolute Gasteiger partial charge is 0.310 e. The second-order valence-corrected chi connectivity index (χ2v) is 34.9. The van der Waals surface area contributed by atoms with Gasteiger partial charge in [-0.3, -0.25) is 0 Å². The molecule has 121 heavy (non-hydrogen) atoms. The Bertz CT molecular complexity index is 6880. The normalized spacial score (nSPS) is 14.5. The molecule has 0 atom stereocenters. The van der Waals surface area contributed by atoms with Crippen molar-refractivity contribution in [3.8, 4) is 89.0 Å². The lowest BCUT2D eigenvalue weighted by Gasteiger charge is -2.36. The Kier molecular flexibility index (Phi) is 17.1. The molecule has 2 heteroatoms. The minimum absolute atomic E-state index is 0.150. The van der Waals surface area contributed by atoms with E-state index in [1.165, 1.54) is 167 Å². The van der Waals surface area contributed by atoms with E-state index in [1.54, 1.807) is 0 Å². The molecule has 0 radical (unpaired) electrons.